The van der Waals surface area contributed by atoms with Gasteiger partial charge < -0.3 is 9.47 Å². The second-order valence-electron chi connectivity index (χ2n) is 3.23. The lowest BCUT2D eigenvalue weighted by molar-refractivity contribution is 0.0428. The fourth-order valence-electron chi connectivity index (χ4n) is 1.77. The number of hydrogen-bond donors (Lipinski definition) is 0. The largest absolute Gasteiger partial charge is 0.371 e. The van der Waals surface area contributed by atoms with Crippen LogP contribution in [0.4, 0.5) is 0 Å². The van der Waals surface area contributed by atoms with Crippen molar-refractivity contribution in [3.63, 3.8) is 0 Å². The van der Waals surface area contributed by atoms with Gasteiger partial charge in [0.05, 0.1) is 18.8 Å². The van der Waals surface area contributed by atoms with Crippen LogP contribution in [0.5, 0.6) is 0 Å². The first kappa shape index (κ1) is 7.32. The predicted octanol–water partition coefficient (Wildman–Crippen LogP) is 1.51. The summed E-state index contributed by atoms with van der Waals surface area (Å²) in [5, 5.41) is 0. The van der Waals surface area contributed by atoms with Gasteiger partial charge in [-0.1, -0.05) is 6.08 Å². The van der Waals surface area contributed by atoms with Crippen LogP contribution in [0.15, 0.2) is 12.7 Å². The van der Waals surface area contributed by atoms with Crippen molar-refractivity contribution < 1.29 is 9.47 Å². The fraction of sp³-hybridized carbons (Fsp3) is 0.778. The Kier molecular flexibility index (Phi) is 1.96. The van der Waals surface area contributed by atoms with E-state index in [1.807, 2.05) is 0 Å². The molecule has 2 rings (SSSR count). The predicted molar refractivity (Wildman–Crippen MR) is 42.4 cm³/mol. The maximum atomic E-state index is 5.54. The van der Waals surface area contributed by atoms with Gasteiger partial charge in [0, 0.05) is 0 Å². The zero-order valence-electron chi connectivity index (χ0n) is 6.66. The Balaban J connectivity index is 1.78. The standard InChI is InChI=1S/C9H14O2/c1-2-6-10-7-4-3-5-8-9(7)11-8/h2,7-9H,1,3-6H2. The topological polar surface area (TPSA) is 21.8 Å². The number of epoxide rings is 1. The average Bonchev–Trinajstić information content (AvgIpc) is 2.79. The van der Waals surface area contributed by atoms with Crippen molar-refractivity contribution in [1.82, 2.24) is 0 Å². The minimum absolute atomic E-state index is 0.353. The molecule has 2 nitrogen and oxygen atoms in total. The van der Waals surface area contributed by atoms with Gasteiger partial charge in [-0.25, -0.2) is 0 Å². The van der Waals surface area contributed by atoms with E-state index in [9.17, 15) is 0 Å². The Labute approximate surface area is 67.2 Å². The zero-order valence-corrected chi connectivity index (χ0v) is 6.66. The molecule has 3 atom stereocenters. The van der Waals surface area contributed by atoms with Gasteiger partial charge in [0.2, 0.25) is 0 Å². The van der Waals surface area contributed by atoms with Gasteiger partial charge in [-0.2, -0.15) is 0 Å². The molecule has 2 fully saturated rings. The van der Waals surface area contributed by atoms with Crippen molar-refractivity contribution in [3.05, 3.63) is 12.7 Å². The highest BCUT2D eigenvalue weighted by Crippen LogP contribution is 2.37. The van der Waals surface area contributed by atoms with Gasteiger partial charge in [-0.05, 0) is 19.3 Å². The van der Waals surface area contributed by atoms with E-state index in [-0.39, 0.29) is 0 Å². The van der Waals surface area contributed by atoms with Crippen molar-refractivity contribution in [2.45, 2.75) is 37.6 Å². The molecule has 0 aromatic heterocycles. The van der Waals surface area contributed by atoms with Crippen LogP contribution in [0.25, 0.3) is 0 Å². The van der Waals surface area contributed by atoms with E-state index in [1.165, 1.54) is 12.8 Å². The van der Waals surface area contributed by atoms with Crippen LogP contribution in [0.2, 0.25) is 0 Å². The molecule has 0 aromatic carbocycles. The fourth-order valence-corrected chi connectivity index (χ4v) is 1.77. The molecule has 1 aliphatic carbocycles. The van der Waals surface area contributed by atoms with E-state index < -0.39 is 0 Å². The van der Waals surface area contributed by atoms with Gasteiger partial charge in [0.25, 0.3) is 0 Å². The Morgan fingerprint density at radius 3 is 3.27 bits per heavy atom. The van der Waals surface area contributed by atoms with Crippen LogP contribution in [0, 0.1) is 0 Å². The molecule has 1 heterocycles. The Hall–Kier alpha value is -0.340. The third-order valence-electron chi connectivity index (χ3n) is 2.39. The van der Waals surface area contributed by atoms with Crippen LogP contribution in [0.1, 0.15) is 19.3 Å². The van der Waals surface area contributed by atoms with Crippen molar-refractivity contribution in [3.8, 4) is 0 Å². The molecule has 62 valence electrons. The van der Waals surface area contributed by atoms with Crippen molar-refractivity contribution >= 4 is 0 Å². The first-order valence-electron chi connectivity index (χ1n) is 4.30. The monoisotopic (exact) mass is 154 g/mol. The van der Waals surface area contributed by atoms with Crippen LogP contribution < -0.4 is 0 Å². The van der Waals surface area contributed by atoms with E-state index in [0.717, 1.165) is 6.42 Å². The van der Waals surface area contributed by atoms with E-state index in [1.54, 1.807) is 6.08 Å². The Morgan fingerprint density at radius 1 is 1.55 bits per heavy atom. The molecule has 1 saturated carbocycles. The van der Waals surface area contributed by atoms with Crippen molar-refractivity contribution in [1.29, 1.82) is 0 Å². The van der Waals surface area contributed by atoms with Crippen LogP contribution >= 0.6 is 0 Å². The number of fused-ring (bicyclic) bond motifs is 1. The summed E-state index contributed by atoms with van der Waals surface area (Å²) in [6, 6.07) is 0. The van der Waals surface area contributed by atoms with Gasteiger partial charge >= 0.3 is 0 Å². The maximum Gasteiger partial charge on any atom is 0.110 e. The molecule has 0 radical (unpaired) electrons. The number of rotatable bonds is 3. The third-order valence-corrected chi connectivity index (χ3v) is 2.39. The molecule has 3 unspecified atom stereocenters. The molecule has 11 heavy (non-hydrogen) atoms. The minimum atomic E-state index is 0.353. The molecule has 0 spiro atoms. The molecular weight excluding hydrogens is 140 g/mol. The van der Waals surface area contributed by atoms with Gasteiger partial charge in [-0.3, -0.25) is 0 Å². The molecule has 1 saturated heterocycles. The lowest BCUT2D eigenvalue weighted by Gasteiger charge is -2.17. The quantitative estimate of drug-likeness (QED) is 0.454. The summed E-state index contributed by atoms with van der Waals surface area (Å²) in [4.78, 5) is 0. The summed E-state index contributed by atoms with van der Waals surface area (Å²) in [5.74, 6) is 0. The molecule has 0 bridgehead atoms. The summed E-state index contributed by atoms with van der Waals surface area (Å²) >= 11 is 0. The van der Waals surface area contributed by atoms with Crippen molar-refractivity contribution in [2.24, 2.45) is 0 Å². The smallest absolute Gasteiger partial charge is 0.110 e. The van der Waals surface area contributed by atoms with E-state index >= 15 is 0 Å². The number of ether oxygens (including phenoxy) is 2. The molecule has 2 heteroatoms. The zero-order chi connectivity index (χ0) is 7.68. The summed E-state index contributed by atoms with van der Waals surface area (Å²) in [5.41, 5.74) is 0. The summed E-state index contributed by atoms with van der Waals surface area (Å²) in [6.07, 6.45) is 6.75. The SMILES string of the molecule is C=CCOC1CCCC2OC12. The Bertz CT molecular complexity index is 156. The second-order valence-corrected chi connectivity index (χ2v) is 3.23. The molecule has 1 aliphatic heterocycles. The van der Waals surface area contributed by atoms with Crippen molar-refractivity contribution in [2.75, 3.05) is 6.61 Å². The first-order chi connectivity index (χ1) is 5.42. The third kappa shape index (κ3) is 1.47. The lowest BCUT2D eigenvalue weighted by Crippen LogP contribution is -2.25. The summed E-state index contributed by atoms with van der Waals surface area (Å²) in [7, 11) is 0. The van der Waals surface area contributed by atoms with Crippen LogP contribution in [-0.2, 0) is 9.47 Å². The number of hydrogen-bond acceptors (Lipinski definition) is 2. The first-order valence-corrected chi connectivity index (χ1v) is 4.30. The van der Waals surface area contributed by atoms with E-state index in [2.05, 4.69) is 6.58 Å². The lowest BCUT2D eigenvalue weighted by atomic mass is 9.98. The minimum Gasteiger partial charge on any atom is -0.371 e. The highest BCUT2D eigenvalue weighted by atomic mass is 16.6. The van der Waals surface area contributed by atoms with Crippen LogP contribution in [-0.4, -0.2) is 24.9 Å². The second kappa shape index (κ2) is 2.95. The molecule has 0 N–H and O–H groups in total. The molecular formula is C9H14O2. The van der Waals surface area contributed by atoms with E-state index in [0.29, 0.717) is 24.9 Å². The Morgan fingerprint density at radius 2 is 2.45 bits per heavy atom. The van der Waals surface area contributed by atoms with E-state index in [4.69, 9.17) is 9.47 Å². The normalized spacial score (nSPS) is 41.3. The maximum absolute atomic E-state index is 5.54. The highest BCUT2D eigenvalue weighted by molar-refractivity contribution is 4.95. The van der Waals surface area contributed by atoms with Crippen LogP contribution in [0.3, 0.4) is 0 Å². The van der Waals surface area contributed by atoms with Gasteiger partial charge in [0.15, 0.2) is 0 Å². The summed E-state index contributed by atoms with van der Waals surface area (Å²) in [6.45, 7) is 4.28. The molecule has 2 aliphatic rings. The van der Waals surface area contributed by atoms with Gasteiger partial charge in [0.1, 0.15) is 6.10 Å². The summed E-state index contributed by atoms with van der Waals surface area (Å²) < 4.78 is 11.0. The molecule has 0 aromatic rings. The van der Waals surface area contributed by atoms with Gasteiger partial charge in [-0.15, -0.1) is 6.58 Å². The highest BCUT2D eigenvalue weighted by Gasteiger charge is 2.47. The molecule has 0 amide bonds. The average molecular weight is 154 g/mol.